The van der Waals surface area contributed by atoms with Gasteiger partial charge < -0.3 is 10.2 Å². The number of amides is 1. The summed E-state index contributed by atoms with van der Waals surface area (Å²) in [6.45, 7) is 8.52. The third-order valence-corrected chi connectivity index (χ3v) is 8.81. The summed E-state index contributed by atoms with van der Waals surface area (Å²) < 4.78 is 0.662. The molecular formula is C26H29BrN2O3. The molecule has 2 atom stereocenters. The van der Waals surface area contributed by atoms with E-state index in [1.807, 2.05) is 30.3 Å². The highest BCUT2D eigenvalue weighted by atomic mass is 79.9. The molecule has 2 bridgehead atoms. The van der Waals surface area contributed by atoms with Crippen LogP contribution in [0.2, 0.25) is 0 Å². The van der Waals surface area contributed by atoms with Crippen LogP contribution in [0.15, 0.2) is 58.2 Å². The van der Waals surface area contributed by atoms with E-state index in [2.05, 4.69) is 54.1 Å². The van der Waals surface area contributed by atoms with E-state index in [1.54, 1.807) is 18.2 Å². The van der Waals surface area contributed by atoms with Crippen molar-refractivity contribution in [2.45, 2.75) is 53.4 Å². The molecule has 1 N–H and O–H groups in total. The van der Waals surface area contributed by atoms with Crippen LogP contribution in [0, 0.1) is 16.2 Å². The van der Waals surface area contributed by atoms with Gasteiger partial charge in [0.2, 0.25) is 5.91 Å². The molecule has 2 aromatic carbocycles. The first-order valence-corrected chi connectivity index (χ1v) is 11.9. The highest BCUT2D eigenvalue weighted by Crippen LogP contribution is 2.71. The highest BCUT2D eigenvalue weighted by molar-refractivity contribution is 9.10. The molecule has 2 aliphatic rings. The summed E-state index contributed by atoms with van der Waals surface area (Å²) in [6, 6.07) is 15.1. The van der Waals surface area contributed by atoms with Crippen LogP contribution in [-0.4, -0.2) is 17.6 Å². The number of carbonyl (C=O) groups excluding carboxylic acids is 2. The van der Waals surface area contributed by atoms with E-state index in [4.69, 9.17) is 4.84 Å². The smallest absolute Gasteiger partial charge is 0.326 e. The van der Waals surface area contributed by atoms with E-state index < -0.39 is 11.4 Å². The maximum Gasteiger partial charge on any atom is 0.366 e. The van der Waals surface area contributed by atoms with Crippen LogP contribution < -0.4 is 5.32 Å². The standard InChI is InChI=1S/C26H29BrN2O3/c1-5-17-10-12-18(13-11-17)28-23(31)26-15-14-25(4,24(26,2)3)21(16-26)29-32-22(30)19-8-6-7-9-20(19)27/h6-13H,5,14-16H2,1-4H3,(H,28,31). The minimum absolute atomic E-state index is 0.0119. The Balaban J connectivity index is 1.58. The summed E-state index contributed by atoms with van der Waals surface area (Å²) in [6.07, 6.45) is 3.06. The maximum atomic E-state index is 13.6. The number of rotatable bonds is 5. The van der Waals surface area contributed by atoms with E-state index in [-0.39, 0.29) is 16.7 Å². The zero-order chi connectivity index (χ0) is 23.1. The summed E-state index contributed by atoms with van der Waals surface area (Å²) in [5.74, 6) is -0.499. The van der Waals surface area contributed by atoms with Crippen LogP contribution in [0.1, 0.15) is 62.9 Å². The van der Waals surface area contributed by atoms with Crippen LogP contribution in [-0.2, 0) is 16.1 Å². The summed E-state index contributed by atoms with van der Waals surface area (Å²) in [4.78, 5) is 31.5. The number of halogens is 1. The fourth-order valence-electron chi connectivity index (χ4n) is 5.37. The summed E-state index contributed by atoms with van der Waals surface area (Å²) in [5.41, 5.74) is 2.01. The lowest BCUT2D eigenvalue weighted by atomic mass is 9.64. The number of nitrogens with zero attached hydrogens (tertiary/aromatic N) is 1. The molecule has 0 spiro atoms. The van der Waals surface area contributed by atoms with Crippen LogP contribution in [0.5, 0.6) is 0 Å². The molecule has 6 heteroatoms. The van der Waals surface area contributed by atoms with Gasteiger partial charge in [0, 0.05) is 22.0 Å². The molecule has 32 heavy (non-hydrogen) atoms. The van der Waals surface area contributed by atoms with Crippen LogP contribution >= 0.6 is 15.9 Å². The van der Waals surface area contributed by atoms with Gasteiger partial charge in [0.05, 0.1) is 16.7 Å². The van der Waals surface area contributed by atoms with E-state index >= 15 is 0 Å². The van der Waals surface area contributed by atoms with Gasteiger partial charge in [-0.3, -0.25) is 4.79 Å². The van der Waals surface area contributed by atoms with Crippen LogP contribution in [0.4, 0.5) is 5.69 Å². The first-order chi connectivity index (χ1) is 15.1. The van der Waals surface area contributed by atoms with Crippen molar-refractivity contribution in [3.63, 3.8) is 0 Å². The monoisotopic (exact) mass is 496 g/mol. The largest absolute Gasteiger partial charge is 0.366 e. The van der Waals surface area contributed by atoms with Crippen molar-refractivity contribution in [1.29, 1.82) is 0 Å². The maximum absolute atomic E-state index is 13.6. The average molecular weight is 497 g/mol. The second-order valence-electron chi connectivity index (χ2n) is 9.62. The lowest BCUT2D eigenvalue weighted by Gasteiger charge is -2.39. The van der Waals surface area contributed by atoms with Crippen molar-refractivity contribution in [3.8, 4) is 0 Å². The quantitative estimate of drug-likeness (QED) is 0.385. The van der Waals surface area contributed by atoms with Crippen molar-refractivity contribution in [3.05, 3.63) is 64.1 Å². The zero-order valence-electron chi connectivity index (χ0n) is 19.0. The SMILES string of the molecule is CCc1ccc(NC(=O)C23CCC(C)(C(=NOC(=O)c4ccccc4Br)C2)C3(C)C)cc1. The number of anilines is 1. The lowest BCUT2D eigenvalue weighted by Crippen LogP contribution is -2.43. The Morgan fingerprint density at radius 1 is 1.06 bits per heavy atom. The van der Waals surface area contributed by atoms with Gasteiger partial charge in [-0.2, -0.15) is 0 Å². The van der Waals surface area contributed by atoms with Gasteiger partial charge in [0.25, 0.3) is 0 Å². The van der Waals surface area contributed by atoms with Crippen molar-refractivity contribution in [2.75, 3.05) is 5.32 Å². The molecule has 168 valence electrons. The second kappa shape index (κ2) is 8.14. The predicted molar refractivity (Wildman–Crippen MR) is 130 cm³/mol. The topological polar surface area (TPSA) is 67.8 Å². The van der Waals surface area contributed by atoms with Gasteiger partial charge in [0.1, 0.15) is 0 Å². The van der Waals surface area contributed by atoms with Gasteiger partial charge in [-0.15, -0.1) is 0 Å². The molecule has 2 aliphatic carbocycles. The van der Waals surface area contributed by atoms with Crippen LogP contribution in [0.25, 0.3) is 0 Å². The predicted octanol–water partition coefficient (Wildman–Crippen LogP) is 6.38. The number of aryl methyl sites for hydroxylation is 1. The Bertz CT molecular complexity index is 1090. The number of carbonyl (C=O) groups is 2. The number of benzene rings is 2. The summed E-state index contributed by atoms with van der Waals surface area (Å²) in [7, 11) is 0. The van der Waals surface area contributed by atoms with E-state index in [1.165, 1.54) is 5.56 Å². The Morgan fingerprint density at radius 3 is 2.41 bits per heavy atom. The van der Waals surface area contributed by atoms with Gasteiger partial charge in [-0.25, -0.2) is 4.79 Å². The first kappa shape index (κ1) is 22.7. The minimum Gasteiger partial charge on any atom is -0.326 e. The summed E-state index contributed by atoms with van der Waals surface area (Å²) in [5, 5.41) is 7.45. The van der Waals surface area contributed by atoms with E-state index in [9.17, 15) is 9.59 Å². The molecule has 1 amide bonds. The molecule has 2 aromatic rings. The molecule has 5 nitrogen and oxygen atoms in total. The Labute approximate surface area is 197 Å². The molecule has 4 rings (SSSR count). The molecule has 2 unspecified atom stereocenters. The number of fused-ring (bicyclic) bond motifs is 2. The fraction of sp³-hybridized carbons (Fsp3) is 0.423. The molecule has 0 aromatic heterocycles. The van der Waals surface area contributed by atoms with E-state index in [0.29, 0.717) is 16.5 Å². The van der Waals surface area contributed by atoms with Crippen molar-refractivity contribution >= 4 is 39.2 Å². The summed E-state index contributed by atoms with van der Waals surface area (Å²) >= 11 is 3.38. The molecule has 2 fully saturated rings. The van der Waals surface area contributed by atoms with Crippen molar-refractivity contribution in [2.24, 2.45) is 21.4 Å². The normalized spacial score (nSPS) is 26.8. The number of nitrogens with one attached hydrogen (secondary N) is 1. The molecule has 0 aliphatic heterocycles. The molecule has 0 radical (unpaired) electrons. The average Bonchev–Trinajstić information content (AvgIpc) is 3.09. The van der Waals surface area contributed by atoms with Gasteiger partial charge >= 0.3 is 5.97 Å². The Kier molecular flexibility index (Phi) is 5.78. The zero-order valence-corrected chi connectivity index (χ0v) is 20.6. The lowest BCUT2D eigenvalue weighted by molar-refractivity contribution is -0.130. The second-order valence-corrected chi connectivity index (χ2v) is 10.5. The third-order valence-electron chi connectivity index (χ3n) is 8.12. The van der Waals surface area contributed by atoms with Gasteiger partial charge in [-0.1, -0.05) is 57.1 Å². The number of oxime groups is 1. The van der Waals surface area contributed by atoms with Crippen molar-refractivity contribution < 1.29 is 14.4 Å². The third kappa shape index (κ3) is 3.40. The first-order valence-electron chi connectivity index (χ1n) is 11.1. The molecular weight excluding hydrogens is 468 g/mol. The Morgan fingerprint density at radius 2 is 1.75 bits per heavy atom. The Hall–Kier alpha value is -2.47. The fourth-order valence-corrected chi connectivity index (χ4v) is 5.82. The molecule has 2 saturated carbocycles. The highest BCUT2D eigenvalue weighted by Gasteiger charge is 2.71. The van der Waals surface area contributed by atoms with Crippen LogP contribution in [0.3, 0.4) is 0 Å². The van der Waals surface area contributed by atoms with E-state index in [0.717, 1.165) is 30.7 Å². The van der Waals surface area contributed by atoms with Gasteiger partial charge in [0.15, 0.2) is 0 Å². The van der Waals surface area contributed by atoms with Gasteiger partial charge in [-0.05, 0) is 70.4 Å². The number of hydrogen-bond donors (Lipinski definition) is 1. The van der Waals surface area contributed by atoms with Crippen molar-refractivity contribution in [1.82, 2.24) is 0 Å². The minimum atomic E-state index is -0.594. The molecule has 0 heterocycles. The molecule has 0 saturated heterocycles. The number of hydrogen-bond acceptors (Lipinski definition) is 4.